The minimum Gasteiger partial charge on any atom is -0.317 e. The van der Waals surface area contributed by atoms with E-state index in [1.807, 2.05) is 41.8 Å². The highest BCUT2D eigenvalue weighted by atomic mass is 32.1. The highest BCUT2D eigenvalue weighted by Crippen LogP contribution is 2.38. The Morgan fingerprint density at radius 2 is 1.78 bits per heavy atom. The largest absolute Gasteiger partial charge is 0.317 e. The number of carbonyl (C=O) groups excluding carboxylic acids is 2. The Labute approximate surface area is 162 Å². The number of ketones is 1. The zero-order valence-electron chi connectivity index (χ0n) is 14.3. The predicted octanol–water partition coefficient (Wildman–Crippen LogP) is 4.30. The number of hydrogen-bond acceptors (Lipinski definition) is 5. The van der Waals surface area contributed by atoms with E-state index in [1.54, 1.807) is 16.7 Å². The minimum atomic E-state index is -0.268. The van der Waals surface area contributed by atoms with E-state index < -0.39 is 0 Å². The molecule has 0 radical (unpaired) electrons. The summed E-state index contributed by atoms with van der Waals surface area (Å²) in [6, 6.07) is 15.9. The van der Waals surface area contributed by atoms with E-state index in [2.05, 4.69) is 5.32 Å². The third kappa shape index (κ3) is 3.11. The van der Waals surface area contributed by atoms with Crippen LogP contribution in [0.4, 0.5) is 5.00 Å². The van der Waals surface area contributed by atoms with E-state index in [4.69, 9.17) is 0 Å². The number of nitrogens with one attached hydrogen (secondary N) is 1. The first-order valence-corrected chi connectivity index (χ1v) is 9.85. The molecule has 0 spiro atoms. The Kier molecular flexibility index (Phi) is 4.47. The Hall–Kier alpha value is -3.03. The normalized spacial score (nSPS) is 10.9. The lowest BCUT2D eigenvalue weighted by Crippen LogP contribution is -2.16. The molecule has 4 rings (SSSR count). The van der Waals surface area contributed by atoms with Gasteiger partial charge >= 0.3 is 0 Å². The molecule has 0 saturated heterocycles. The van der Waals surface area contributed by atoms with Crippen molar-refractivity contribution in [2.24, 2.45) is 0 Å². The van der Waals surface area contributed by atoms with Gasteiger partial charge in [-0.05, 0) is 29.6 Å². The third-order valence-corrected chi connectivity index (χ3v) is 5.99. The van der Waals surface area contributed by atoms with E-state index in [1.165, 1.54) is 35.7 Å². The van der Waals surface area contributed by atoms with Crippen LogP contribution in [0.3, 0.4) is 0 Å². The van der Waals surface area contributed by atoms with Gasteiger partial charge < -0.3 is 5.32 Å². The number of carbonyl (C=O) groups is 2. The standard InChI is InChI=1S/C20H14N2O3S2/c1-12(23)21-19-17(18(25)15-8-5-11-26-15)14-9-10-16(24)22(20(14)27-19)13-6-3-2-4-7-13/h2-11H,1H3,(H,21,23). The summed E-state index contributed by atoms with van der Waals surface area (Å²) < 4.78 is 1.57. The van der Waals surface area contributed by atoms with Crippen LogP contribution in [0.15, 0.2) is 64.8 Å². The molecule has 5 nitrogen and oxygen atoms in total. The zero-order chi connectivity index (χ0) is 19.0. The molecule has 27 heavy (non-hydrogen) atoms. The number of amides is 1. The fourth-order valence-electron chi connectivity index (χ4n) is 2.91. The molecule has 1 N–H and O–H groups in total. The average Bonchev–Trinajstić information content (AvgIpc) is 3.29. The summed E-state index contributed by atoms with van der Waals surface area (Å²) >= 11 is 2.57. The van der Waals surface area contributed by atoms with Gasteiger partial charge in [-0.3, -0.25) is 19.0 Å². The summed E-state index contributed by atoms with van der Waals surface area (Å²) in [6.45, 7) is 1.40. The Morgan fingerprint density at radius 1 is 1.00 bits per heavy atom. The fraction of sp³-hybridized carbons (Fsp3) is 0.0500. The van der Waals surface area contributed by atoms with E-state index in [0.717, 1.165) is 0 Å². The van der Waals surface area contributed by atoms with Crippen molar-refractivity contribution in [3.8, 4) is 5.69 Å². The Balaban J connectivity index is 2.03. The van der Waals surface area contributed by atoms with Gasteiger partial charge in [0.25, 0.3) is 5.56 Å². The number of rotatable bonds is 4. The lowest BCUT2D eigenvalue weighted by molar-refractivity contribution is -0.114. The van der Waals surface area contributed by atoms with Gasteiger partial charge in [0, 0.05) is 18.4 Å². The maximum absolute atomic E-state index is 13.1. The summed E-state index contributed by atoms with van der Waals surface area (Å²) in [5.41, 5.74) is 0.927. The van der Waals surface area contributed by atoms with Crippen molar-refractivity contribution in [3.05, 3.63) is 80.8 Å². The molecule has 3 aromatic heterocycles. The number of para-hydroxylation sites is 1. The topological polar surface area (TPSA) is 68.2 Å². The van der Waals surface area contributed by atoms with Crippen LogP contribution in [0.25, 0.3) is 15.9 Å². The molecule has 0 bridgehead atoms. The van der Waals surface area contributed by atoms with Crippen LogP contribution in [-0.4, -0.2) is 16.3 Å². The molecule has 134 valence electrons. The monoisotopic (exact) mass is 394 g/mol. The highest BCUT2D eigenvalue weighted by Gasteiger charge is 2.24. The first-order valence-electron chi connectivity index (χ1n) is 8.16. The molecule has 1 aromatic carbocycles. The lowest BCUT2D eigenvalue weighted by Gasteiger charge is -2.07. The van der Waals surface area contributed by atoms with Crippen LogP contribution in [0.1, 0.15) is 22.2 Å². The van der Waals surface area contributed by atoms with Gasteiger partial charge in [-0.2, -0.15) is 0 Å². The molecule has 7 heteroatoms. The molecule has 0 fully saturated rings. The number of hydrogen-bond donors (Lipinski definition) is 1. The molecule has 3 heterocycles. The van der Waals surface area contributed by atoms with Crippen molar-refractivity contribution in [2.75, 3.05) is 5.32 Å². The highest BCUT2D eigenvalue weighted by molar-refractivity contribution is 7.23. The summed E-state index contributed by atoms with van der Waals surface area (Å²) in [7, 11) is 0. The van der Waals surface area contributed by atoms with Crippen molar-refractivity contribution >= 4 is 49.6 Å². The molecule has 4 aromatic rings. The van der Waals surface area contributed by atoms with Crippen LogP contribution < -0.4 is 10.9 Å². The number of fused-ring (bicyclic) bond motifs is 1. The van der Waals surface area contributed by atoms with Gasteiger partial charge in [0.1, 0.15) is 9.83 Å². The van der Waals surface area contributed by atoms with Crippen molar-refractivity contribution in [1.82, 2.24) is 4.57 Å². The lowest BCUT2D eigenvalue weighted by atomic mass is 10.1. The number of thiophene rings is 2. The van der Waals surface area contributed by atoms with E-state index in [9.17, 15) is 14.4 Å². The Morgan fingerprint density at radius 3 is 2.44 bits per heavy atom. The predicted molar refractivity (Wildman–Crippen MR) is 109 cm³/mol. The average molecular weight is 394 g/mol. The number of aromatic nitrogens is 1. The summed E-state index contributed by atoms with van der Waals surface area (Å²) in [4.78, 5) is 38.6. The van der Waals surface area contributed by atoms with E-state index in [0.29, 0.717) is 31.3 Å². The summed E-state index contributed by atoms with van der Waals surface area (Å²) in [5.74, 6) is -0.436. The smallest absolute Gasteiger partial charge is 0.256 e. The van der Waals surface area contributed by atoms with Gasteiger partial charge in [0.05, 0.1) is 16.1 Å². The maximum Gasteiger partial charge on any atom is 0.256 e. The maximum atomic E-state index is 13.1. The second-order valence-electron chi connectivity index (χ2n) is 5.86. The number of pyridine rings is 1. The van der Waals surface area contributed by atoms with E-state index in [-0.39, 0.29) is 17.2 Å². The zero-order valence-corrected chi connectivity index (χ0v) is 15.9. The molecule has 0 aliphatic heterocycles. The minimum absolute atomic E-state index is 0.168. The Bertz CT molecular complexity index is 1210. The second kappa shape index (κ2) is 6.94. The number of nitrogens with zero attached hydrogens (tertiary/aromatic N) is 1. The summed E-state index contributed by atoms with van der Waals surface area (Å²) in [6.07, 6.45) is 0. The fourth-order valence-corrected chi connectivity index (χ4v) is 4.84. The number of anilines is 1. The SMILES string of the molecule is CC(=O)Nc1sc2c(ccc(=O)n2-c2ccccc2)c1C(=O)c1cccs1. The molecule has 0 aliphatic carbocycles. The molecule has 0 unspecified atom stereocenters. The van der Waals surface area contributed by atoms with Crippen molar-refractivity contribution in [1.29, 1.82) is 0 Å². The van der Waals surface area contributed by atoms with Crippen molar-refractivity contribution in [2.45, 2.75) is 6.92 Å². The van der Waals surface area contributed by atoms with Gasteiger partial charge in [0.15, 0.2) is 0 Å². The van der Waals surface area contributed by atoms with Gasteiger partial charge in [-0.25, -0.2) is 0 Å². The van der Waals surface area contributed by atoms with Crippen LogP contribution in [0.2, 0.25) is 0 Å². The second-order valence-corrected chi connectivity index (χ2v) is 7.80. The summed E-state index contributed by atoms with van der Waals surface area (Å²) in [5, 5.41) is 5.68. The van der Waals surface area contributed by atoms with Gasteiger partial charge in [0.2, 0.25) is 11.7 Å². The van der Waals surface area contributed by atoms with Crippen LogP contribution in [0, 0.1) is 0 Å². The van der Waals surface area contributed by atoms with E-state index >= 15 is 0 Å². The van der Waals surface area contributed by atoms with Gasteiger partial charge in [-0.1, -0.05) is 35.6 Å². The van der Waals surface area contributed by atoms with Gasteiger partial charge in [-0.15, -0.1) is 11.3 Å². The first-order chi connectivity index (χ1) is 13.1. The van der Waals surface area contributed by atoms with Crippen molar-refractivity contribution in [3.63, 3.8) is 0 Å². The van der Waals surface area contributed by atoms with Crippen LogP contribution >= 0.6 is 22.7 Å². The molecule has 1 amide bonds. The van der Waals surface area contributed by atoms with Crippen LogP contribution in [-0.2, 0) is 4.79 Å². The molecule has 0 aliphatic rings. The third-order valence-electron chi connectivity index (χ3n) is 4.02. The molecule has 0 saturated carbocycles. The first kappa shape index (κ1) is 17.4. The van der Waals surface area contributed by atoms with Crippen LogP contribution in [0.5, 0.6) is 0 Å². The molecule has 0 atom stereocenters. The van der Waals surface area contributed by atoms with Crippen molar-refractivity contribution < 1.29 is 9.59 Å². The molecular formula is C20H14N2O3S2. The molecular weight excluding hydrogens is 380 g/mol. The quantitative estimate of drug-likeness (QED) is 0.525. The number of benzene rings is 1.